The summed E-state index contributed by atoms with van der Waals surface area (Å²) in [6.45, 7) is 2.03. The van der Waals surface area contributed by atoms with Crippen LogP contribution in [0.2, 0.25) is 0 Å². The topological polar surface area (TPSA) is 80.0 Å². The number of carbonyl (C=O) groups is 2. The van der Waals surface area contributed by atoms with Crippen LogP contribution in [0.4, 0.5) is 4.39 Å². The minimum absolute atomic E-state index is 0.0168. The molecule has 0 aliphatic rings. The third-order valence-corrected chi connectivity index (χ3v) is 3.44. The van der Waals surface area contributed by atoms with Crippen LogP contribution in [0.25, 0.3) is 0 Å². The molecule has 2 rings (SSSR count). The number of ether oxygens (including phenoxy) is 1. The highest BCUT2D eigenvalue weighted by molar-refractivity contribution is 5.96. The van der Waals surface area contributed by atoms with Crippen LogP contribution in [0, 0.1) is 5.82 Å². The monoisotopic (exact) mass is 335 g/mol. The Labute approximate surface area is 138 Å². The number of carboxylic acids is 1. The largest absolute Gasteiger partial charge is 0.489 e. The van der Waals surface area contributed by atoms with Crippen molar-refractivity contribution >= 4 is 11.9 Å². The van der Waals surface area contributed by atoms with Gasteiger partial charge in [0.15, 0.2) is 17.3 Å². The zero-order valence-corrected chi connectivity index (χ0v) is 13.4. The van der Waals surface area contributed by atoms with E-state index in [9.17, 15) is 14.0 Å². The summed E-state index contributed by atoms with van der Waals surface area (Å²) in [7, 11) is 1.53. The zero-order chi connectivity index (χ0) is 17.7. The second kappa shape index (κ2) is 7.63. The van der Waals surface area contributed by atoms with Gasteiger partial charge in [-0.3, -0.25) is 4.79 Å². The summed E-state index contributed by atoms with van der Waals surface area (Å²) in [4.78, 5) is 24.7. The fraction of sp³-hybridized carbons (Fsp3) is 0.294. The molecule has 128 valence electrons. The number of carbonyl (C=O) groups excluding carboxylic acids is 1. The lowest BCUT2D eigenvalue weighted by Crippen LogP contribution is -2.30. The molecule has 0 saturated carbocycles. The third kappa shape index (κ3) is 3.92. The van der Waals surface area contributed by atoms with E-state index in [2.05, 4.69) is 0 Å². The normalized spacial score (nSPS) is 10.5. The van der Waals surface area contributed by atoms with Crippen LogP contribution in [0.5, 0.6) is 5.75 Å². The van der Waals surface area contributed by atoms with Crippen molar-refractivity contribution in [1.82, 2.24) is 4.90 Å². The Morgan fingerprint density at radius 3 is 2.62 bits per heavy atom. The SMILES string of the molecule is CCc1oc(C(=O)N(C)CCOc2ccccc2F)cc1C(=O)O. The van der Waals surface area contributed by atoms with E-state index in [0.29, 0.717) is 6.42 Å². The van der Waals surface area contributed by atoms with Crippen molar-refractivity contribution in [1.29, 1.82) is 0 Å². The van der Waals surface area contributed by atoms with Crippen LogP contribution in [0.3, 0.4) is 0 Å². The smallest absolute Gasteiger partial charge is 0.339 e. The fourth-order valence-electron chi connectivity index (χ4n) is 2.12. The lowest BCUT2D eigenvalue weighted by atomic mass is 10.2. The molecule has 1 N–H and O–H groups in total. The lowest BCUT2D eigenvalue weighted by molar-refractivity contribution is 0.0692. The molecule has 2 aromatic rings. The quantitative estimate of drug-likeness (QED) is 0.841. The number of furan rings is 1. The van der Waals surface area contributed by atoms with Crippen LogP contribution in [-0.4, -0.2) is 42.1 Å². The molecule has 1 aromatic heterocycles. The van der Waals surface area contributed by atoms with Gasteiger partial charge in [0.1, 0.15) is 17.9 Å². The number of carboxylic acid groups (broad SMARTS) is 1. The van der Waals surface area contributed by atoms with Crippen LogP contribution < -0.4 is 4.74 Å². The first-order chi connectivity index (χ1) is 11.4. The van der Waals surface area contributed by atoms with Crippen LogP contribution in [-0.2, 0) is 6.42 Å². The molecule has 0 aliphatic heterocycles. The van der Waals surface area contributed by atoms with E-state index >= 15 is 0 Å². The maximum Gasteiger partial charge on any atom is 0.339 e. The number of nitrogens with zero attached hydrogens (tertiary/aromatic N) is 1. The Balaban J connectivity index is 1.97. The van der Waals surface area contributed by atoms with Gasteiger partial charge >= 0.3 is 5.97 Å². The van der Waals surface area contributed by atoms with E-state index in [0.717, 1.165) is 0 Å². The van der Waals surface area contributed by atoms with Crippen molar-refractivity contribution in [3.8, 4) is 5.75 Å². The summed E-state index contributed by atoms with van der Waals surface area (Å²) in [5.41, 5.74) is -0.0168. The summed E-state index contributed by atoms with van der Waals surface area (Å²) in [5, 5.41) is 9.08. The number of hydrogen-bond acceptors (Lipinski definition) is 4. The maximum absolute atomic E-state index is 13.4. The maximum atomic E-state index is 13.4. The summed E-state index contributed by atoms with van der Waals surface area (Å²) < 4.78 is 24.0. The summed E-state index contributed by atoms with van der Waals surface area (Å²) in [6, 6.07) is 7.21. The first-order valence-electron chi connectivity index (χ1n) is 7.42. The van der Waals surface area contributed by atoms with Crippen LogP contribution in [0.1, 0.15) is 33.6 Å². The van der Waals surface area contributed by atoms with Crippen molar-refractivity contribution in [3.05, 3.63) is 53.2 Å². The van der Waals surface area contributed by atoms with Crippen molar-refractivity contribution in [3.63, 3.8) is 0 Å². The summed E-state index contributed by atoms with van der Waals surface area (Å²) >= 11 is 0. The predicted molar refractivity (Wildman–Crippen MR) is 83.9 cm³/mol. The molecular formula is C17H18FNO5. The minimum Gasteiger partial charge on any atom is -0.489 e. The van der Waals surface area contributed by atoms with Gasteiger partial charge in [0.25, 0.3) is 5.91 Å². The second-order valence-electron chi connectivity index (χ2n) is 5.11. The van der Waals surface area contributed by atoms with E-state index in [1.165, 1.54) is 30.1 Å². The van der Waals surface area contributed by atoms with Gasteiger partial charge in [0, 0.05) is 19.5 Å². The van der Waals surface area contributed by atoms with Gasteiger partial charge < -0.3 is 19.2 Å². The second-order valence-corrected chi connectivity index (χ2v) is 5.11. The van der Waals surface area contributed by atoms with Crippen molar-refractivity contribution < 1.29 is 28.2 Å². The number of hydrogen-bond donors (Lipinski definition) is 1. The highest BCUT2D eigenvalue weighted by Crippen LogP contribution is 2.18. The highest BCUT2D eigenvalue weighted by atomic mass is 19.1. The number of benzene rings is 1. The molecule has 24 heavy (non-hydrogen) atoms. The van der Waals surface area contributed by atoms with E-state index in [-0.39, 0.29) is 36.0 Å². The Bertz CT molecular complexity index is 740. The Hall–Kier alpha value is -2.83. The molecule has 1 heterocycles. The molecular weight excluding hydrogens is 317 g/mol. The molecule has 0 bridgehead atoms. The molecule has 7 heteroatoms. The molecule has 0 saturated heterocycles. The Morgan fingerprint density at radius 1 is 1.33 bits per heavy atom. The van der Waals surface area contributed by atoms with Gasteiger partial charge in [-0.1, -0.05) is 19.1 Å². The van der Waals surface area contributed by atoms with Crippen molar-refractivity contribution in [2.45, 2.75) is 13.3 Å². The summed E-state index contributed by atoms with van der Waals surface area (Å²) in [5.74, 6) is -1.76. The molecule has 1 amide bonds. The summed E-state index contributed by atoms with van der Waals surface area (Å²) in [6.07, 6.45) is 0.370. The van der Waals surface area contributed by atoms with E-state index in [4.69, 9.17) is 14.3 Å². The van der Waals surface area contributed by atoms with E-state index in [1.54, 1.807) is 19.1 Å². The molecule has 6 nitrogen and oxygen atoms in total. The number of aromatic carboxylic acids is 1. The van der Waals surface area contributed by atoms with Gasteiger partial charge in [0.05, 0.1) is 6.54 Å². The van der Waals surface area contributed by atoms with Gasteiger partial charge in [-0.15, -0.1) is 0 Å². The van der Waals surface area contributed by atoms with Crippen molar-refractivity contribution in [2.75, 3.05) is 20.2 Å². The number of halogens is 1. The van der Waals surface area contributed by atoms with Crippen molar-refractivity contribution in [2.24, 2.45) is 0 Å². The lowest BCUT2D eigenvalue weighted by Gasteiger charge is -2.16. The molecule has 0 radical (unpaired) electrons. The number of aryl methyl sites for hydroxylation is 1. The molecule has 0 atom stereocenters. The Morgan fingerprint density at radius 2 is 2.04 bits per heavy atom. The third-order valence-electron chi connectivity index (χ3n) is 3.44. The first-order valence-corrected chi connectivity index (χ1v) is 7.42. The molecule has 1 aromatic carbocycles. The van der Waals surface area contributed by atoms with Gasteiger partial charge in [-0.25, -0.2) is 9.18 Å². The standard InChI is InChI=1S/C17H18FNO5/c1-3-13-11(17(21)22)10-15(24-13)16(20)19(2)8-9-23-14-7-5-4-6-12(14)18/h4-7,10H,3,8-9H2,1-2H3,(H,21,22). The van der Waals surface area contributed by atoms with Crippen LogP contribution >= 0.6 is 0 Å². The van der Waals surface area contributed by atoms with Gasteiger partial charge in [-0.2, -0.15) is 0 Å². The molecule has 0 unspecified atom stereocenters. The number of amides is 1. The number of likely N-dealkylation sites (N-methyl/N-ethyl adjacent to an activating group) is 1. The number of rotatable bonds is 7. The zero-order valence-electron chi connectivity index (χ0n) is 13.4. The molecule has 0 fully saturated rings. The van der Waals surface area contributed by atoms with Gasteiger partial charge in [0.2, 0.25) is 0 Å². The highest BCUT2D eigenvalue weighted by Gasteiger charge is 2.22. The average Bonchev–Trinajstić information content (AvgIpc) is 3.00. The fourth-order valence-corrected chi connectivity index (χ4v) is 2.12. The molecule has 0 aliphatic carbocycles. The number of para-hydroxylation sites is 1. The minimum atomic E-state index is -1.14. The first kappa shape index (κ1) is 17.5. The Kier molecular flexibility index (Phi) is 5.57. The van der Waals surface area contributed by atoms with Crippen LogP contribution in [0.15, 0.2) is 34.7 Å². The average molecular weight is 335 g/mol. The predicted octanol–water partition coefficient (Wildman–Crippen LogP) is 2.83. The molecule has 0 spiro atoms. The van der Waals surface area contributed by atoms with E-state index in [1.807, 2.05) is 0 Å². The van der Waals surface area contributed by atoms with E-state index < -0.39 is 17.7 Å². The van der Waals surface area contributed by atoms with Gasteiger partial charge in [-0.05, 0) is 12.1 Å².